The highest BCUT2D eigenvalue weighted by Crippen LogP contribution is 1.97. The molecule has 0 fully saturated rings. The second-order valence-corrected chi connectivity index (χ2v) is 2.96. The Morgan fingerprint density at radius 2 is 1.86 bits per heavy atom. The predicted molar refractivity (Wildman–Crippen MR) is 49.7 cm³/mol. The highest BCUT2D eigenvalue weighted by Gasteiger charge is 2.14. The summed E-state index contributed by atoms with van der Waals surface area (Å²) in [7, 11) is 3.20. The van der Waals surface area contributed by atoms with E-state index in [1.807, 2.05) is 0 Å². The topological polar surface area (TPSA) is 63.2 Å². The first-order valence-corrected chi connectivity index (χ1v) is 4.11. The molecule has 0 bridgehead atoms. The van der Waals surface area contributed by atoms with Gasteiger partial charge >= 0.3 is 0 Å². The summed E-state index contributed by atoms with van der Waals surface area (Å²) in [4.78, 5) is 31.4. The Bertz CT molecular complexity index is 335. The number of aromatic nitrogens is 2. The summed E-state index contributed by atoms with van der Waals surface area (Å²) in [5, 5.41) is 0. The van der Waals surface area contributed by atoms with Gasteiger partial charge in [-0.1, -0.05) is 0 Å². The molecular weight excluding hydrogens is 182 g/mol. The molecule has 0 radical (unpaired) electrons. The Morgan fingerprint density at radius 3 is 2.36 bits per heavy atom. The van der Waals surface area contributed by atoms with E-state index >= 15 is 0 Å². The Hall–Kier alpha value is -1.78. The van der Waals surface area contributed by atoms with Gasteiger partial charge in [0, 0.05) is 26.5 Å². The van der Waals surface area contributed by atoms with Gasteiger partial charge in [-0.05, 0) is 6.07 Å². The summed E-state index contributed by atoms with van der Waals surface area (Å²) >= 11 is 0. The van der Waals surface area contributed by atoms with Crippen LogP contribution in [-0.2, 0) is 4.79 Å². The van der Waals surface area contributed by atoms with E-state index in [9.17, 15) is 9.59 Å². The molecule has 5 heteroatoms. The van der Waals surface area contributed by atoms with E-state index in [4.69, 9.17) is 0 Å². The van der Waals surface area contributed by atoms with Crippen LogP contribution in [0.5, 0.6) is 0 Å². The normalized spacial score (nSPS) is 9.57. The van der Waals surface area contributed by atoms with E-state index in [2.05, 4.69) is 9.97 Å². The molecule has 0 saturated carbocycles. The van der Waals surface area contributed by atoms with E-state index in [1.54, 1.807) is 20.2 Å². The molecule has 0 aliphatic rings. The summed E-state index contributed by atoms with van der Waals surface area (Å²) in [5.74, 6) is -0.519. The Kier molecular flexibility index (Phi) is 3.28. The molecule has 0 atom stereocenters. The van der Waals surface area contributed by atoms with Crippen LogP contribution in [0, 0.1) is 0 Å². The third-order valence-corrected chi connectivity index (χ3v) is 1.63. The lowest BCUT2D eigenvalue weighted by atomic mass is 10.2. The van der Waals surface area contributed by atoms with Gasteiger partial charge < -0.3 is 4.90 Å². The zero-order valence-electron chi connectivity index (χ0n) is 8.10. The molecule has 1 aromatic heterocycles. The average molecular weight is 193 g/mol. The first kappa shape index (κ1) is 10.3. The summed E-state index contributed by atoms with van der Waals surface area (Å²) in [5.41, 5.74) is 0. The minimum absolute atomic E-state index is 0.0858. The van der Waals surface area contributed by atoms with Gasteiger partial charge in [0.15, 0.2) is 5.82 Å². The minimum atomic E-state index is -0.357. The molecule has 1 heterocycles. The number of Topliss-reactive ketones (excluding diaryl/α,β-unsaturated/α-hetero) is 1. The van der Waals surface area contributed by atoms with Crippen molar-refractivity contribution < 1.29 is 9.59 Å². The van der Waals surface area contributed by atoms with Crippen LogP contribution in [-0.4, -0.2) is 40.7 Å². The van der Waals surface area contributed by atoms with E-state index < -0.39 is 0 Å². The molecule has 1 rings (SSSR count). The monoisotopic (exact) mass is 193 g/mol. The standard InChI is InChI=1S/C9H11N3O2/c1-12(2)8(14)6-7(13)9-10-4-3-5-11-9/h3-5H,6H2,1-2H3. The number of amides is 1. The van der Waals surface area contributed by atoms with E-state index in [0.717, 1.165) is 0 Å². The van der Waals surface area contributed by atoms with E-state index in [-0.39, 0.29) is 23.9 Å². The van der Waals surface area contributed by atoms with E-state index in [1.165, 1.54) is 17.3 Å². The van der Waals surface area contributed by atoms with Crippen molar-refractivity contribution in [1.82, 2.24) is 14.9 Å². The molecule has 1 amide bonds. The molecule has 0 aliphatic carbocycles. The highest BCUT2D eigenvalue weighted by molar-refractivity contribution is 6.05. The largest absolute Gasteiger partial charge is 0.348 e. The Morgan fingerprint density at radius 1 is 1.29 bits per heavy atom. The number of nitrogens with zero attached hydrogens (tertiary/aromatic N) is 3. The first-order valence-electron chi connectivity index (χ1n) is 4.11. The summed E-state index contributed by atoms with van der Waals surface area (Å²) in [6.07, 6.45) is 2.76. The second kappa shape index (κ2) is 4.45. The average Bonchev–Trinajstić information content (AvgIpc) is 2.19. The zero-order valence-corrected chi connectivity index (χ0v) is 8.10. The van der Waals surface area contributed by atoms with Gasteiger partial charge in [0.05, 0.1) is 6.42 Å². The van der Waals surface area contributed by atoms with Crippen molar-refractivity contribution in [1.29, 1.82) is 0 Å². The van der Waals surface area contributed by atoms with Gasteiger partial charge in [-0.15, -0.1) is 0 Å². The van der Waals surface area contributed by atoms with Gasteiger partial charge in [0.1, 0.15) is 0 Å². The van der Waals surface area contributed by atoms with Crippen LogP contribution in [0.3, 0.4) is 0 Å². The summed E-state index contributed by atoms with van der Waals surface area (Å²) in [6, 6.07) is 1.62. The van der Waals surface area contributed by atoms with Gasteiger partial charge in [0.25, 0.3) is 0 Å². The maximum atomic E-state index is 11.4. The number of hydrogen-bond donors (Lipinski definition) is 0. The molecule has 74 valence electrons. The maximum absolute atomic E-state index is 11.4. The Labute approximate surface area is 81.8 Å². The van der Waals surface area contributed by atoms with Crippen LogP contribution in [0.1, 0.15) is 17.0 Å². The molecule has 0 spiro atoms. The molecule has 0 saturated heterocycles. The summed E-state index contributed by atoms with van der Waals surface area (Å²) in [6.45, 7) is 0. The van der Waals surface area contributed by atoms with E-state index in [0.29, 0.717) is 0 Å². The lowest BCUT2D eigenvalue weighted by Gasteiger charge is -2.08. The van der Waals surface area contributed by atoms with Crippen LogP contribution in [0.2, 0.25) is 0 Å². The van der Waals surface area contributed by atoms with Crippen LogP contribution in [0.25, 0.3) is 0 Å². The number of ketones is 1. The van der Waals surface area contributed by atoms with Gasteiger partial charge in [0.2, 0.25) is 11.7 Å². The number of carbonyl (C=O) groups is 2. The SMILES string of the molecule is CN(C)C(=O)CC(=O)c1ncccn1. The predicted octanol–water partition coefficient (Wildman–Crippen LogP) is 0.138. The van der Waals surface area contributed by atoms with Crippen molar-refractivity contribution in [2.24, 2.45) is 0 Å². The van der Waals surface area contributed by atoms with Crippen LogP contribution in [0.4, 0.5) is 0 Å². The molecular formula is C9H11N3O2. The molecule has 0 aromatic carbocycles. The van der Waals surface area contributed by atoms with Crippen molar-refractivity contribution in [3.8, 4) is 0 Å². The summed E-state index contributed by atoms with van der Waals surface area (Å²) < 4.78 is 0. The van der Waals surface area contributed by atoms with Crippen LogP contribution < -0.4 is 0 Å². The number of hydrogen-bond acceptors (Lipinski definition) is 4. The van der Waals surface area contributed by atoms with Crippen molar-refractivity contribution in [2.75, 3.05) is 14.1 Å². The maximum Gasteiger partial charge on any atom is 0.230 e. The molecule has 0 unspecified atom stereocenters. The second-order valence-electron chi connectivity index (χ2n) is 2.96. The van der Waals surface area contributed by atoms with Crippen molar-refractivity contribution in [3.63, 3.8) is 0 Å². The van der Waals surface area contributed by atoms with Gasteiger partial charge in [-0.3, -0.25) is 9.59 Å². The highest BCUT2D eigenvalue weighted by atomic mass is 16.2. The fraction of sp³-hybridized carbons (Fsp3) is 0.333. The minimum Gasteiger partial charge on any atom is -0.348 e. The molecule has 0 N–H and O–H groups in total. The van der Waals surface area contributed by atoms with Crippen LogP contribution in [0.15, 0.2) is 18.5 Å². The molecule has 14 heavy (non-hydrogen) atoms. The zero-order chi connectivity index (χ0) is 10.6. The quantitative estimate of drug-likeness (QED) is 0.506. The fourth-order valence-corrected chi connectivity index (χ4v) is 0.818. The third kappa shape index (κ3) is 2.62. The molecule has 5 nitrogen and oxygen atoms in total. The van der Waals surface area contributed by atoms with Crippen molar-refractivity contribution in [2.45, 2.75) is 6.42 Å². The fourth-order valence-electron chi connectivity index (χ4n) is 0.818. The molecule has 0 aliphatic heterocycles. The Balaban J connectivity index is 2.65. The lowest BCUT2D eigenvalue weighted by Crippen LogP contribution is -2.24. The van der Waals surface area contributed by atoms with Gasteiger partial charge in [-0.2, -0.15) is 0 Å². The third-order valence-electron chi connectivity index (χ3n) is 1.63. The first-order chi connectivity index (χ1) is 6.61. The van der Waals surface area contributed by atoms with Crippen molar-refractivity contribution in [3.05, 3.63) is 24.3 Å². The number of rotatable bonds is 3. The smallest absolute Gasteiger partial charge is 0.230 e. The molecule has 1 aromatic rings. The van der Waals surface area contributed by atoms with Gasteiger partial charge in [-0.25, -0.2) is 9.97 Å². The lowest BCUT2D eigenvalue weighted by molar-refractivity contribution is -0.127. The van der Waals surface area contributed by atoms with Crippen molar-refractivity contribution >= 4 is 11.7 Å². The van der Waals surface area contributed by atoms with Crippen LogP contribution >= 0.6 is 0 Å². The number of carbonyl (C=O) groups excluding carboxylic acids is 2.